The molecule has 6 heteroatoms. The van der Waals surface area contributed by atoms with Gasteiger partial charge in [0.25, 0.3) is 5.91 Å². The number of aromatic nitrogens is 1. The first-order valence-electron chi connectivity index (χ1n) is 9.03. The summed E-state index contributed by atoms with van der Waals surface area (Å²) in [5.74, 6) is -0.00493. The van der Waals surface area contributed by atoms with Gasteiger partial charge in [0, 0.05) is 42.3 Å². The van der Waals surface area contributed by atoms with Crippen molar-refractivity contribution in [2.24, 2.45) is 11.7 Å². The number of carbonyl (C=O) groups excluding carboxylic acids is 2. The Kier molecular flexibility index (Phi) is 4.42. The predicted octanol–water partition coefficient (Wildman–Crippen LogP) is 2.35. The molecule has 0 bridgehead atoms. The lowest BCUT2D eigenvalue weighted by Crippen LogP contribution is -2.28. The van der Waals surface area contributed by atoms with Crippen LogP contribution in [0.25, 0.3) is 0 Å². The Morgan fingerprint density at radius 3 is 2.85 bits per heavy atom. The Morgan fingerprint density at radius 2 is 2.12 bits per heavy atom. The number of nitrogens with two attached hydrogens (primary N) is 1. The molecule has 1 aliphatic carbocycles. The lowest BCUT2D eigenvalue weighted by atomic mass is 10.1. The number of anilines is 2. The first-order chi connectivity index (χ1) is 12.6. The monoisotopic (exact) mass is 350 g/mol. The number of carbonyl (C=O) groups is 2. The fourth-order valence-electron chi connectivity index (χ4n) is 3.83. The Balaban J connectivity index is 1.48. The van der Waals surface area contributed by atoms with Crippen LogP contribution in [0.15, 0.2) is 42.7 Å². The lowest BCUT2D eigenvalue weighted by molar-refractivity contribution is -0.119. The predicted molar refractivity (Wildman–Crippen MR) is 100 cm³/mol. The van der Waals surface area contributed by atoms with Crippen LogP contribution in [0.3, 0.4) is 0 Å². The molecule has 1 saturated carbocycles. The highest BCUT2D eigenvalue weighted by molar-refractivity contribution is 6.07. The van der Waals surface area contributed by atoms with Crippen LogP contribution in [-0.4, -0.2) is 29.4 Å². The van der Waals surface area contributed by atoms with E-state index in [1.807, 2.05) is 18.2 Å². The van der Waals surface area contributed by atoms with Crippen molar-refractivity contribution in [2.75, 3.05) is 16.8 Å². The van der Waals surface area contributed by atoms with Crippen molar-refractivity contribution in [3.05, 3.63) is 53.9 Å². The van der Waals surface area contributed by atoms with Crippen LogP contribution in [0.2, 0.25) is 0 Å². The smallest absolute Gasteiger partial charge is 0.259 e. The van der Waals surface area contributed by atoms with E-state index >= 15 is 0 Å². The van der Waals surface area contributed by atoms with Gasteiger partial charge >= 0.3 is 0 Å². The van der Waals surface area contributed by atoms with E-state index in [4.69, 9.17) is 5.73 Å². The number of nitrogens with zero attached hydrogens (tertiary/aromatic N) is 2. The van der Waals surface area contributed by atoms with Crippen LogP contribution in [-0.2, 0) is 11.2 Å². The summed E-state index contributed by atoms with van der Waals surface area (Å²) >= 11 is 0. The van der Waals surface area contributed by atoms with Gasteiger partial charge in [-0.15, -0.1) is 0 Å². The summed E-state index contributed by atoms with van der Waals surface area (Å²) in [5.41, 5.74) is 9.24. The molecule has 2 aliphatic rings. The molecule has 1 aromatic carbocycles. The third-order valence-electron chi connectivity index (χ3n) is 5.24. The van der Waals surface area contributed by atoms with Gasteiger partial charge in [-0.2, -0.15) is 0 Å². The standard InChI is InChI=1S/C20H22N4O2/c21-16-4-3-14(10-16)19(25)23-17-5-6-18-13(11-17)7-9-24(18)20(26)15-2-1-8-22-12-15/h1-2,5-6,8,11-12,14,16H,3-4,7,9-10,21H2,(H,23,25). The summed E-state index contributed by atoms with van der Waals surface area (Å²) in [4.78, 5) is 30.9. The highest BCUT2D eigenvalue weighted by Crippen LogP contribution is 2.32. The van der Waals surface area contributed by atoms with Crippen LogP contribution in [0.1, 0.15) is 35.2 Å². The zero-order valence-corrected chi connectivity index (χ0v) is 14.5. The van der Waals surface area contributed by atoms with Gasteiger partial charge in [0.05, 0.1) is 5.56 Å². The fourth-order valence-corrected chi connectivity index (χ4v) is 3.83. The Hall–Kier alpha value is -2.73. The third kappa shape index (κ3) is 3.20. The average Bonchev–Trinajstić information content (AvgIpc) is 3.28. The highest BCUT2D eigenvalue weighted by atomic mass is 16.2. The van der Waals surface area contributed by atoms with Gasteiger partial charge in [-0.25, -0.2) is 0 Å². The van der Waals surface area contributed by atoms with Crippen LogP contribution < -0.4 is 16.0 Å². The van der Waals surface area contributed by atoms with Gasteiger partial charge in [-0.3, -0.25) is 14.6 Å². The molecule has 2 unspecified atom stereocenters. The van der Waals surface area contributed by atoms with Gasteiger partial charge in [0.1, 0.15) is 0 Å². The van der Waals surface area contributed by atoms with Crippen molar-refractivity contribution in [1.29, 1.82) is 0 Å². The lowest BCUT2D eigenvalue weighted by Gasteiger charge is -2.18. The first-order valence-corrected chi connectivity index (χ1v) is 9.03. The molecule has 3 N–H and O–H groups in total. The van der Waals surface area contributed by atoms with Crippen LogP contribution in [0, 0.1) is 5.92 Å². The van der Waals surface area contributed by atoms with Crippen molar-refractivity contribution < 1.29 is 9.59 Å². The molecule has 1 fully saturated rings. The zero-order valence-electron chi connectivity index (χ0n) is 14.5. The van der Waals surface area contributed by atoms with Gasteiger partial charge in [0.15, 0.2) is 0 Å². The quantitative estimate of drug-likeness (QED) is 0.889. The summed E-state index contributed by atoms with van der Waals surface area (Å²) in [6.45, 7) is 0.637. The normalized spacial score (nSPS) is 21.5. The van der Waals surface area contributed by atoms with E-state index in [1.165, 1.54) is 0 Å². The minimum Gasteiger partial charge on any atom is -0.328 e. The molecule has 6 nitrogen and oxygen atoms in total. The molecule has 2 aromatic rings. The SMILES string of the molecule is NC1CCC(C(=O)Nc2ccc3c(c2)CCN3C(=O)c2cccnc2)C1. The molecule has 4 rings (SSSR count). The Morgan fingerprint density at radius 1 is 1.23 bits per heavy atom. The van der Waals surface area contributed by atoms with E-state index in [0.29, 0.717) is 12.1 Å². The molecule has 1 aromatic heterocycles. The van der Waals surface area contributed by atoms with E-state index in [0.717, 1.165) is 42.6 Å². The average molecular weight is 350 g/mol. The third-order valence-corrected chi connectivity index (χ3v) is 5.24. The highest BCUT2D eigenvalue weighted by Gasteiger charge is 2.29. The number of hydrogen-bond acceptors (Lipinski definition) is 4. The van der Waals surface area contributed by atoms with E-state index < -0.39 is 0 Å². The van der Waals surface area contributed by atoms with Gasteiger partial charge in [0.2, 0.25) is 5.91 Å². The summed E-state index contributed by atoms with van der Waals surface area (Å²) in [6.07, 6.45) is 6.53. The molecule has 26 heavy (non-hydrogen) atoms. The molecule has 0 saturated heterocycles. The van der Waals surface area contributed by atoms with Crippen molar-refractivity contribution >= 4 is 23.2 Å². The number of amides is 2. The number of nitrogens with one attached hydrogen (secondary N) is 1. The Labute approximate surface area is 152 Å². The molecule has 1 aliphatic heterocycles. The molecular formula is C20H22N4O2. The van der Waals surface area contributed by atoms with E-state index in [-0.39, 0.29) is 23.8 Å². The van der Waals surface area contributed by atoms with Crippen molar-refractivity contribution in [3.8, 4) is 0 Å². The van der Waals surface area contributed by atoms with Crippen LogP contribution in [0.5, 0.6) is 0 Å². The molecule has 2 atom stereocenters. The van der Waals surface area contributed by atoms with Gasteiger partial charge < -0.3 is 16.0 Å². The minimum atomic E-state index is -0.0476. The van der Waals surface area contributed by atoms with Crippen molar-refractivity contribution in [2.45, 2.75) is 31.7 Å². The number of pyridine rings is 1. The maximum atomic E-state index is 12.7. The minimum absolute atomic E-state index is 0.00177. The van der Waals surface area contributed by atoms with Crippen LogP contribution >= 0.6 is 0 Å². The number of hydrogen-bond donors (Lipinski definition) is 2. The van der Waals surface area contributed by atoms with E-state index in [1.54, 1.807) is 29.4 Å². The molecule has 2 amide bonds. The second-order valence-corrected chi connectivity index (χ2v) is 7.05. The van der Waals surface area contributed by atoms with E-state index in [9.17, 15) is 9.59 Å². The van der Waals surface area contributed by atoms with Gasteiger partial charge in [-0.1, -0.05) is 0 Å². The summed E-state index contributed by atoms with van der Waals surface area (Å²) in [6, 6.07) is 9.41. The number of rotatable bonds is 3. The summed E-state index contributed by atoms with van der Waals surface area (Å²) in [5, 5.41) is 3.00. The summed E-state index contributed by atoms with van der Waals surface area (Å²) < 4.78 is 0. The van der Waals surface area contributed by atoms with Crippen molar-refractivity contribution in [1.82, 2.24) is 4.98 Å². The van der Waals surface area contributed by atoms with Gasteiger partial charge in [-0.05, 0) is 61.6 Å². The van der Waals surface area contributed by atoms with E-state index in [2.05, 4.69) is 10.3 Å². The molecule has 134 valence electrons. The molecular weight excluding hydrogens is 328 g/mol. The van der Waals surface area contributed by atoms with Crippen molar-refractivity contribution in [3.63, 3.8) is 0 Å². The molecule has 0 radical (unpaired) electrons. The van der Waals surface area contributed by atoms with Crippen LogP contribution in [0.4, 0.5) is 11.4 Å². The zero-order chi connectivity index (χ0) is 18.1. The fraction of sp³-hybridized carbons (Fsp3) is 0.350. The Bertz CT molecular complexity index is 837. The number of fused-ring (bicyclic) bond motifs is 1. The maximum absolute atomic E-state index is 12.7. The first kappa shape index (κ1) is 16.7. The topological polar surface area (TPSA) is 88.3 Å². The summed E-state index contributed by atoms with van der Waals surface area (Å²) in [7, 11) is 0. The number of benzene rings is 1. The second-order valence-electron chi connectivity index (χ2n) is 7.05. The second kappa shape index (κ2) is 6.88. The largest absolute Gasteiger partial charge is 0.328 e. The molecule has 2 heterocycles. The maximum Gasteiger partial charge on any atom is 0.259 e. The molecule has 0 spiro atoms.